The second kappa shape index (κ2) is 15.0. The van der Waals surface area contributed by atoms with Crippen molar-refractivity contribution in [2.75, 3.05) is 11.3 Å². The highest BCUT2D eigenvalue weighted by atomic mass is 32.2. The second-order valence-corrected chi connectivity index (χ2v) is 18.6. The van der Waals surface area contributed by atoms with E-state index in [4.69, 9.17) is 19.7 Å². The lowest BCUT2D eigenvalue weighted by atomic mass is 9.87. The van der Waals surface area contributed by atoms with Gasteiger partial charge in [-0.1, -0.05) is 84.6 Å². The molecule has 0 saturated heterocycles. The van der Waals surface area contributed by atoms with E-state index in [0.29, 0.717) is 29.3 Å². The van der Waals surface area contributed by atoms with Crippen LogP contribution in [0.2, 0.25) is 0 Å². The number of rotatable bonds is 7. The van der Waals surface area contributed by atoms with Gasteiger partial charge < -0.3 is 14.2 Å². The fourth-order valence-electron chi connectivity index (χ4n) is 8.27. The summed E-state index contributed by atoms with van der Waals surface area (Å²) in [4.78, 5) is 35.8. The van der Waals surface area contributed by atoms with Crippen LogP contribution >= 0.6 is 0 Å². The van der Waals surface area contributed by atoms with Gasteiger partial charge in [-0.3, -0.25) is 9.78 Å². The number of nitrogens with zero attached hydrogens (tertiary/aromatic N) is 6. The summed E-state index contributed by atoms with van der Waals surface area (Å²) in [5.74, 6) is 0.722. The fourth-order valence-corrected chi connectivity index (χ4v) is 9.26. The van der Waals surface area contributed by atoms with E-state index in [1.807, 2.05) is 14.0 Å². The normalized spacial score (nSPS) is 17.8. The first-order valence-corrected chi connectivity index (χ1v) is 20.9. The van der Waals surface area contributed by atoms with Gasteiger partial charge in [-0.25, -0.2) is 23.1 Å². The molecule has 1 N–H and O–H groups in total. The van der Waals surface area contributed by atoms with Crippen LogP contribution < -0.4 is 9.46 Å². The average molecular weight is 764 g/mol. The van der Waals surface area contributed by atoms with E-state index in [0.717, 1.165) is 34.4 Å². The maximum Gasteiger partial charge on any atom is 0.264 e. The first-order valence-electron chi connectivity index (χ1n) is 19.4. The molecule has 4 bridgehead atoms. The summed E-state index contributed by atoms with van der Waals surface area (Å²) >= 11 is 0. The van der Waals surface area contributed by atoms with E-state index in [1.54, 1.807) is 23.2 Å². The summed E-state index contributed by atoms with van der Waals surface area (Å²) in [7, 11) is -2.23. The van der Waals surface area contributed by atoms with E-state index in [-0.39, 0.29) is 52.7 Å². The Bertz CT molecular complexity index is 2360. The van der Waals surface area contributed by atoms with Crippen LogP contribution in [0.4, 0.5) is 5.95 Å². The fraction of sp³-hybridized carbons (Fsp3) is 0.465. The highest BCUT2D eigenvalue weighted by Crippen LogP contribution is 2.38. The van der Waals surface area contributed by atoms with Crippen LogP contribution in [0.1, 0.15) is 111 Å². The minimum absolute atomic E-state index is 0.0674. The summed E-state index contributed by atoms with van der Waals surface area (Å²) in [5, 5.41) is 0. The number of anilines is 1. The van der Waals surface area contributed by atoms with Crippen molar-refractivity contribution < 1.29 is 17.9 Å². The van der Waals surface area contributed by atoms with Crippen molar-refractivity contribution in [1.29, 1.82) is 0 Å². The number of nitrogens with one attached hydrogen (secondary N) is 1. The SMILES string of the molecule is Cc1cccc(CC2CCCC2)c1-c1nc2nc(c1C)OCC(CC(C)(C)C)N(Cc1cnc3cc(C(C)C)n(C)c3n1)C(=O)c1cccc(c1)S(=O)(=O)N2. The molecule has 1 fully saturated rings. The Balaban J connectivity index is 1.36. The third-order valence-electron chi connectivity index (χ3n) is 11.0. The predicted molar refractivity (Wildman–Crippen MR) is 216 cm³/mol. The van der Waals surface area contributed by atoms with Gasteiger partial charge in [0.15, 0.2) is 5.65 Å². The van der Waals surface area contributed by atoms with Crippen LogP contribution in [-0.4, -0.2) is 56.4 Å². The molecule has 11 nitrogen and oxygen atoms in total. The van der Waals surface area contributed by atoms with Crippen molar-refractivity contribution in [3.05, 3.63) is 88.4 Å². The zero-order chi connectivity index (χ0) is 39.2. The second-order valence-electron chi connectivity index (χ2n) is 16.9. The Kier molecular flexibility index (Phi) is 10.5. The molecule has 1 amide bonds. The van der Waals surface area contributed by atoms with Gasteiger partial charge >= 0.3 is 0 Å². The standard InChI is InChI=1S/C43H53N7O4S/c1-26(2)36-21-35-39(49(36)8)45-32(23-44-35)24-50-33(22-43(5,6)7)25-54-40-28(4)38(37-27(3)13-11-16-30(37)19-29-14-9-10-15-29)46-42(47-40)48-55(52,53)34-18-12-17-31(20-34)41(50)51/h11-13,16-18,20-21,23,26,29,33H,9-10,14-15,19,22,24-25H2,1-8H3,(H,46,47,48). The van der Waals surface area contributed by atoms with Crippen molar-refractivity contribution in [1.82, 2.24) is 29.4 Å². The number of ether oxygens (including phenoxy) is 1. The Morgan fingerprint density at radius 3 is 2.47 bits per heavy atom. The molecule has 1 atom stereocenters. The molecule has 4 heterocycles. The molecule has 0 spiro atoms. The Hall–Kier alpha value is -4.84. The van der Waals surface area contributed by atoms with Crippen LogP contribution in [-0.2, 0) is 30.0 Å². The van der Waals surface area contributed by atoms with Crippen LogP contribution in [0.5, 0.6) is 5.88 Å². The lowest BCUT2D eigenvalue weighted by Crippen LogP contribution is -2.45. The quantitative estimate of drug-likeness (QED) is 0.175. The minimum Gasteiger partial charge on any atom is -0.475 e. The molecule has 0 radical (unpaired) electrons. The van der Waals surface area contributed by atoms with Gasteiger partial charge in [-0.15, -0.1) is 0 Å². The first-order chi connectivity index (χ1) is 26.1. The van der Waals surface area contributed by atoms with Crippen molar-refractivity contribution in [2.45, 2.75) is 110 Å². The molecule has 1 unspecified atom stereocenters. The summed E-state index contributed by atoms with van der Waals surface area (Å²) < 4.78 is 39.4. The molecule has 1 aliphatic carbocycles. The number of hydrogen-bond donors (Lipinski definition) is 1. The van der Waals surface area contributed by atoms with Gasteiger partial charge in [-0.2, -0.15) is 4.98 Å². The number of aromatic nitrogens is 5. The van der Waals surface area contributed by atoms with Crippen LogP contribution in [0.15, 0.2) is 59.6 Å². The van der Waals surface area contributed by atoms with E-state index in [9.17, 15) is 13.2 Å². The van der Waals surface area contributed by atoms with Crippen LogP contribution in [0.25, 0.3) is 22.4 Å². The third-order valence-corrected chi connectivity index (χ3v) is 12.3. The zero-order valence-electron chi connectivity index (χ0n) is 33.3. The van der Waals surface area contributed by atoms with E-state index in [2.05, 4.69) is 80.1 Å². The molecular formula is C43H53N7O4S. The molecule has 290 valence electrons. The van der Waals surface area contributed by atoms with Gasteiger partial charge in [0, 0.05) is 29.4 Å². The number of carbonyl (C=O) groups is 1. The number of carbonyl (C=O) groups excluding carboxylic acids is 1. The maximum absolute atomic E-state index is 14.7. The number of aryl methyl sites for hydroxylation is 2. The van der Waals surface area contributed by atoms with Crippen molar-refractivity contribution in [3.8, 4) is 17.1 Å². The van der Waals surface area contributed by atoms with Crippen molar-refractivity contribution in [2.24, 2.45) is 18.4 Å². The monoisotopic (exact) mass is 763 g/mol. The van der Waals surface area contributed by atoms with Crippen LogP contribution in [0, 0.1) is 25.2 Å². The molecule has 2 aromatic carbocycles. The molecular weight excluding hydrogens is 711 g/mol. The summed E-state index contributed by atoms with van der Waals surface area (Å²) in [6, 6.07) is 14.0. The molecule has 1 saturated carbocycles. The number of amides is 1. The van der Waals surface area contributed by atoms with E-state index in [1.165, 1.54) is 43.4 Å². The first kappa shape index (κ1) is 38.4. The Morgan fingerprint density at radius 1 is 1.00 bits per heavy atom. The van der Waals surface area contributed by atoms with E-state index >= 15 is 0 Å². The average Bonchev–Trinajstić information content (AvgIpc) is 3.76. The molecule has 5 aromatic rings. The number of fused-ring (bicyclic) bond motifs is 5. The number of hydrogen-bond acceptors (Lipinski definition) is 8. The molecule has 12 heteroatoms. The predicted octanol–water partition coefficient (Wildman–Crippen LogP) is 8.54. The smallest absolute Gasteiger partial charge is 0.264 e. The topological polar surface area (TPSA) is 132 Å². The zero-order valence-corrected chi connectivity index (χ0v) is 34.1. The highest BCUT2D eigenvalue weighted by Gasteiger charge is 2.33. The number of benzene rings is 2. The summed E-state index contributed by atoms with van der Waals surface area (Å²) in [6.45, 7) is 14.9. The van der Waals surface area contributed by atoms with Gasteiger partial charge in [0.05, 0.1) is 35.1 Å². The molecule has 1 aliphatic heterocycles. The lowest BCUT2D eigenvalue weighted by molar-refractivity contribution is 0.0508. The molecule has 3 aromatic heterocycles. The van der Waals surface area contributed by atoms with Crippen molar-refractivity contribution in [3.63, 3.8) is 0 Å². The molecule has 7 rings (SSSR count). The Labute approximate surface area is 325 Å². The largest absolute Gasteiger partial charge is 0.475 e. The van der Waals surface area contributed by atoms with Crippen LogP contribution in [0.3, 0.4) is 0 Å². The lowest BCUT2D eigenvalue weighted by Gasteiger charge is -2.35. The van der Waals surface area contributed by atoms with Gasteiger partial charge in [-0.05, 0) is 79.3 Å². The van der Waals surface area contributed by atoms with Crippen molar-refractivity contribution >= 4 is 33.0 Å². The summed E-state index contributed by atoms with van der Waals surface area (Å²) in [6.07, 6.45) is 8.10. The Morgan fingerprint density at radius 2 is 1.75 bits per heavy atom. The molecule has 55 heavy (non-hydrogen) atoms. The molecule has 2 aliphatic rings. The maximum atomic E-state index is 14.7. The van der Waals surface area contributed by atoms with Gasteiger partial charge in [0.2, 0.25) is 11.8 Å². The summed E-state index contributed by atoms with van der Waals surface area (Å²) in [5.41, 5.74) is 7.81. The third kappa shape index (κ3) is 8.10. The van der Waals surface area contributed by atoms with Gasteiger partial charge in [0.1, 0.15) is 12.1 Å². The minimum atomic E-state index is -4.21. The highest BCUT2D eigenvalue weighted by molar-refractivity contribution is 7.92. The van der Waals surface area contributed by atoms with E-state index < -0.39 is 16.1 Å². The van der Waals surface area contributed by atoms with Gasteiger partial charge in [0.25, 0.3) is 15.9 Å². The number of sulfonamides is 1.